The molecule has 33 heavy (non-hydrogen) atoms. The zero-order valence-corrected chi connectivity index (χ0v) is 20.9. The lowest BCUT2D eigenvalue weighted by molar-refractivity contribution is -0.113. The van der Waals surface area contributed by atoms with Crippen LogP contribution < -0.4 is 10.1 Å². The summed E-state index contributed by atoms with van der Waals surface area (Å²) in [6.45, 7) is 2.31. The lowest BCUT2D eigenvalue weighted by Crippen LogP contribution is -2.23. The molecule has 2 atom stereocenters. The van der Waals surface area contributed by atoms with E-state index in [9.17, 15) is 4.79 Å². The molecule has 0 spiro atoms. The highest BCUT2D eigenvalue weighted by Crippen LogP contribution is 2.39. The summed E-state index contributed by atoms with van der Waals surface area (Å²) in [4.78, 5) is 13.8. The van der Waals surface area contributed by atoms with Crippen LogP contribution in [0, 0.1) is 5.92 Å². The van der Waals surface area contributed by atoms with Gasteiger partial charge in [0.2, 0.25) is 5.91 Å². The van der Waals surface area contributed by atoms with E-state index in [4.69, 9.17) is 4.74 Å². The van der Waals surface area contributed by atoms with E-state index in [0.717, 1.165) is 39.3 Å². The maximum atomic E-state index is 12.7. The van der Waals surface area contributed by atoms with Gasteiger partial charge in [-0.15, -0.1) is 22.0 Å². The zero-order chi connectivity index (χ0) is 23.2. The van der Waals surface area contributed by atoms with E-state index in [-0.39, 0.29) is 11.7 Å². The molecule has 0 bridgehead atoms. The zero-order valence-electron chi connectivity index (χ0n) is 19.3. The Hall–Kier alpha value is -2.45. The Morgan fingerprint density at radius 3 is 2.67 bits per heavy atom. The van der Waals surface area contributed by atoms with Gasteiger partial charge in [0, 0.05) is 22.2 Å². The molecule has 8 heteroatoms. The predicted molar refractivity (Wildman–Crippen MR) is 136 cm³/mol. The molecule has 0 radical (unpaired) electrons. The number of methoxy groups -OCH3 is 1. The number of amides is 1. The Labute approximate surface area is 203 Å². The van der Waals surface area contributed by atoms with Gasteiger partial charge in [0.05, 0.1) is 12.9 Å². The summed E-state index contributed by atoms with van der Waals surface area (Å²) in [5.41, 5.74) is 1.82. The Morgan fingerprint density at radius 2 is 1.94 bits per heavy atom. The van der Waals surface area contributed by atoms with Gasteiger partial charge in [0.1, 0.15) is 5.75 Å². The molecule has 1 fully saturated rings. The molecule has 2 aromatic carbocycles. The normalized spacial score (nSPS) is 18.2. The highest BCUT2D eigenvalue weighted by molar-refractivity contribution is 7.99. The monoisotopic (exact) mass is 482 g/mol. The van der Waals surface area contributed by atoms with Crippen LogP contribution in [0.1, 0.15) is 38.6 Å². The van der Waals surface area contributed by atoms with Crippen molar-refractivity contribution in [3.8, 4) is 17.1 Å². The smallest absolute Gasteiger partial charge is 0.234 e. The fourth-order valence-corrected chi connectivity index (χ4v) is 5.57. The van der Waals surface area contributed by atoms with Gasteiger partial charge in [-0.05, 0) is 67.5 Å². The van der Waals surface area contributed by atoms with Crippen LogP contribution in [0.4, 0.5) is 5.69 Å². The van der Waals surface area contributed by atoms with Crippen LogP contribution in [0.25, 0.3) is 11.4 Å². The molecule has 174 valence electrons. The first-order chi connectivity index (χ1) is 16.1. The van der Waals surface area contributed by atoms with Crippen molar-refractivity contribution in [2.75, 3.05) is 24.4 Å². The fourth-order valence-electron chi connectivity index (χ4n) is 4.32. The second-order valence-electron chi connectivity index (χ2n) is 8.30. The molecule has 1 aliphatic rings. The summed E-state index contributed by atoms with van der Waals surface area (Å²) in [6.07, 6.45) is 6.78. The minimum Gasteiger partial charge on any atom is -0.497 e. The van der Waals surface area contributed by atoms with E-state index in [1.165, 1.54) is 31.0 Å². The molecule has 1 saturated carbocycles. The Kier molecular flexibility index (Phi) is 7.98. The molecule has 6 nitrogen and oxygen atoms in total. The molecule has 1 aliphatic carbocycles. The lowest BCUT2D eigenvalue weighted by Gasteiger charge is -2.31. The Balaban J connectivity index is 1.55. The average Bonchev–Trinajstić information content (AvgIpc) is 3.27. The van der Waals surface area contributed by atoms with Crippen molar-refractivity contribution in [3.05, 3.63) is 48.5 Å². The molecule has 0 aliphatic heterocycles. The van der Waals surface area contributed by atoms with Crippen molar-refractivity contribution in [1.29, 1.82) is 0 Å². The largest absolute Gasteiger partial charge is 0.497 e. The van der Waals surface area contributed by atoms with Crippen molar-refractivity contribution < 1.29 is 9.53 Å². The molecule has 1 amide bonds. The molecule has 3 aromatic rings. The van der Waals surface area contributed by atoms with E-state index < -0.39 is 0 Å². The van der Waals surface area contributed by atoms with Crippen LogP contribution in [0.2, 0.25) is 0 Å². The highest BCUT2D eigenvalue weighted by Gasteiger charge is 2.29. The molecule has 0 unspecified atom stereocenters. The minimum absolute atomic E-state index is 0.0458. The summed E-state index contributed by atoms with van der Waals surface area (Å²) in [7, 11) is 1.67. The van der Waals surface area contributed by atoms with Crippen molar-refractivity contribution >= 4 is 35.1 Å². The summed E-state index contributed by atoms with van der Waals surface area (Å²) in [5, 5.41) is 12.9. The summed E-state index contributed by atoms with van der Waals surface area (Å²) in [6, 6.07) is 16.1. The minimum atomic E-state index is -0.0458. The lowest BCUT2D eigenvalue weighted by atomic mass is 9.85. The molecule has 1 aromatic heterocycles. The van der Waals surface area contributed by atoms with Gasteiger partial charge in [-0.1, -0.05) is 37.6 Å². The SMILES string of the molecule is COc1ccc(-c2nnc(SCC(=O)Nc3cccc(SC)c3)n2[C@H]2CCCC[C@H]2C)cc1. The van der Waals surface area contributed by atoms with Crippen LogP contribution in [-0.4, -0.2) is 39.8 Å². The Morgan fingerprint density at radius 1 is 1.15 bits per heavy atom. The second-order valence-corrected chi connectivity index (χ2v) is 10.1. The average molecular weight is 483 g/mol. The summed E-state index contributed by atoms with van der Waals surface area (Å²) < 4.78 is 7.57. The standard InChI is InChI=1S/C25H30N4O2S2/c1-17-7-4-5-10-22(17)29-24(18-11-13-20(31-2)14-12-18)27-28-25(29)33-16-23(30)26-19-8-6-9-21(15-19)32-3/h6,8-9,11-15,17,22H,4-5,7,10,16H2,1-3H3,(H,26,30)/t17-,22+/m1/s1. The van der Waals surface area contributed by atoms with E-state index in [1.54, 1.807) is 18.9 Å². The van der Waals surface area contributed by atoms with Crippen LogP contribution in [0.5, 0.6) is 5.75 Å². The first kappa shape index (κ1) is 23.7. The second kappa shape index (κ2) is 11.1. The third-order valence-electron chi connectivity index (χ3n) is 6.10. The first-order valence-electron chi connectivity index (χ1n) is 11.2. The van der Waals surface area contributed by atoms with Gasteiger partial charge in [-0.25, -0.2) is 0 Å². The van der Waals surface area contributed by atoms with Gasteiger partial charge in [0.25, 0.3) is 0 Å². The number of hydrogen-bond donors (Lipinski definition) is 1. The molecule has 0 saturated heterocycles. The van der Waals surface area contributed by atoms with Crippen molar-refractivity contribution in [1.82, 2.24) is 14.8 Å². The van der Waals surface area contributed by atoms with Gasteiger partial charge in [0.15, 0.2) is 11.0 Å². The summed E-state index contributed by atoms with van der Waals surface area (Å²) >= 11 is 3.11. The van der Waals surface area contributed by atoms with Crippen molar-refractivity contribution in [2.24, 2.45) is 5.92 Å². The number of aromatic nitrogens is 3. The molecule has 4 rings (SSSR count). The molecule has 1 heterocycles. The number of benzene rings is 2. The molecule has 1 N–H and O–H groups in total. The number of nitrogens with zero attached hydrogens (tertiary/aromatic N) is 3. The fraction of sp³-hybridized carbons (Fsp3) is 0.400. The topological polar surface area (TPSA) is 69.0 Å². The van der Waals surface area contributed by atoms with Crippen LogP contribution in [-0.2, 0) is 4.79 Å². The predicted octanol–water partition coefficient (Wildman–Crippen LogP) is 6.16. The number of rotatable bonds is 8. The van der Waals surface area contributed by atoms with Crippen LogP contribution in [0.15, 0.2) is 58.6 Å². The number of ether oxygens (including phenoxy) is 1. The maximum absolute atomic E-state index is 12.7. The molecular weight excluding hydrogens is 452 g/mol. The number of thioether (sulfide) groups is 2. The van der Waals surface area contributed by atoms with Gasteiger partial charge in [-0.3, -0.25) is 9.36 Å². The number of carbonyl (C=O) groups excluding carboxylic acids is 1. The van der Waals surface area contributed by atoms with E-state index in [2.05, 4.69) is 27.0 Å². The van der Waals surface area contributed by atoms with Gasteiger partial charge < -0.3 is 10.1 Å². The number of hydrogen-bond acceptors (Lipinski definition) is 6. The Bertz CT molecular complexity index is 1080. The number of nitrogens with one attached hydrogen (secondary N) is 1. The molecular formula is C25H30N4O2S2. The van der Waals surface area contributed by atoms with Crippen LogP contribution in [0.3, 0.4) is 0 Å². The van der Waals surface area contributed by atoms with E-state index in [1.807, 2.05) is 54.8 Å². The van der Waals surface area contributed by atoms with Crippen LogP contribution >= 0.6 is 23.5 Å². The van der Waals surface area contributed by atoms with Crippen molar-refractivity contribution in [3.63, 3.8) is 0 Å². The third-order valence-corrected chi connectivity index (χ3v) is 7.76. The number of anilines is 1. The number of carbonyl (C=O) groups is 1. The first-order valence-corrected chi connectivity index (χ1v) is 13.5. The van der Waals surface area contributed by atoms with E-state index in [0.29, 0.717) is 12.0 Å². The summed E-state index contributed by atoms with van der Waals surface area (Å²) in [5.74, 6) is 2.44. The highest BCUT2D eigenvalue weighted by atomic mass is 32.2. The van der Waals surface area contributed by atoms with E-state index >= 15 is 0 Å². The van der Waals surface area contributed by atoms with Gasteiger partial charge >= 0.3 is 0 Å². The van der Waals surface area contributed by atoms with Crippen molar-refractivity contribution in [2.45, 2.75) is 48.7 Å². The third kappa shape index (κ3) is 5.73. The quantitative estimate of drug-likeness (QED) is 0.388. The maximum Gasteiger partial charge on any atom is 0.234 e. The van der Waals surface area contributed by atoms with Gasteiger partial charge in [-0.2, -0.15) is 0 Å².